The Morgan fingerprint density at radius 3 is 2.59 bits per heavy atom. The summed E-state index contributed by atoms with van der Waals surface area (Å²) in [5.41, 5.74) is 0. The number of benzene rings is 1. The summed E-state index contributed by atoms with van der Waals surface area (Å²) in [5, 5.41) is 8.27. The van der Waals surface area contributed by atoms with E-state index < -0.39 is 0 Å². The molecule has 0 N–H and O–H groups in total. The molecule has 4 nitrogen and oxygen atoms in total. The molecule has 0 spiro atoms. The van der Waals surface area contributed by atoms with E-state index in [1.807, 2.05) is 6.92 Å². The second-order valence-corrected chi connectivity index (χ2v) is 4.09. The van der Waals surface area contributed by atoms with Gasteiger partial charge in [0.1, 0.15) is 11.6 Å². The van der Waals surface area contributed by atoms with Gasteiger partial charge in [-0.15, -0.1) is 21.8 Å². The van der Waals surface area contributed by atoms with Crippen molar-refractivity contribution in [1.82, 2.24) is 10.2 Å². The highest BCUT2D eigenvalue weighted by atomic mass is 35.5. The Labute approximate surface area is 109 Å². The number of alkyl halides is 1. The molecule has 0 bridgehead atoms. The van der Waals surface area contributed by atoms with E-state index >= 15 is 0 Å². The topological polar surface area (TPSA) is 48.2 Å². The molecule has 17 heavy (non-hydrogen) atoms. The summed E-state index contributed by atoms with van der Waals surface area (Å²) in [4.78, 5) is 0. The Morgan fingerprint density at radius 1 is 1.29 bits per heavy atom. The first-order chi connectivity index (χ1) is 8.19. The normalized spacial score (nSPS) is 12.4. The first kappa shape index (κ1) is 12.2. The Hall–Kier alpha value is -1.26. The molecule has 2 rings (SSSR count). The van der Waals surface area contributed by atoms with Crippen molar-refractivity contribution in [2.24, 2.45) is 0 Å². The van der Waals surface area contributed by atoms with E-state index in [-0.39, 0.29) is 12.0 Å². The number of aromatic nitrogens is 2. The number of ether oxygens (including phenoxy) is 1. The average molecular weight is 273 g/mol. The summed E-state index contributed by atoms with van der Waals surface area (Å²) in [6, 6.07) is 7.05. The van der Waals surface area contributed by atoms with Crippen LogP contribution in [0.4, 0.5) is 0 Å². The molecule has 1 heterocycles. The van der Waals surface area contributed by atoms with E-state index in [4.69, 9.17) is 32.4 Å². The fourth-order valence-electron chi connectivity index (χ4n) is 1.25. The van der Waals surface area contributed by atoms with Gasteiger partial charge in [-0.1, -0.05) is 11.6 Å². The van der Waals surface area contributed by atoms with Crippen LogP contribution in [0.2, 0.25) is 5.02 Å². The lowest BCUT2D eigenvalue weighted by atomic mass is 10.3. The number of nitrogens with zero attached hydrogens (tertiary/aromatic N) is 2. The maximum Gasteiger partial charge on any atom is 0.256 e. The van der Waals surface area contributed by atoms with Crippen molar-refractivity contribution in [1.29, 1.82) is 0 Å². The van der Waals surface area contributed by atoms with Crippen LogP contribution in [0, 0.1) is 0 Å². The summed E-state index contributed by atoms with van der Waals surface area (Å²) in [6.45, 7) is 1.82. The van der Waals surface area contributed by atoms with Gasteiger partial charge in [0.05, 0.1) is 0 Å². The molecule has 1 atom stereocenters. The molecule has 1 aromatic heterocycles. The number of hydrogen-bond acceptors (Lipinski definition) is 4. The van der Waals surface area contributed by atoms with Crippen LogP contribution in [-0.4, -0.2) is 10.2 Å². The molecule has 2 aromatic rings. The molecule has 0 radical (unpaired) electrons. The quantitative estimate of drug-likeness (QED) is 0.798. The Bertz CT molecular complexity index is 484. The number of hydrogen-bond donors (Lipinski definition) is 0. The van der Waals surface area contributed by atoms with Gasteiger partial charge in [0.15, 0.2) is 6.10 Å². The van der Waals surface area contributed by atoms with Gasteiger partial charge in [-0.3, -0.25) is 0 Å². The van der Waals surface area contributed by atoms with Crippen LogP contribution in [-0.2, 0) is 5.88 Å². The molecule has 0 aliphatic rings. The lowest BCUT2D eigenvalue weighted by Gasteiger charge is -2.10. The third-order valence-electron chi connectivity index (χ3n) is 2.07. The predicted octanol–water partition coefficient (Wildman–Crippen LogP) is 3.60. The summed E-state index contributed by atoms with van der Waals surface area (Å²) >= 11 is 11.3. The molecule has 1 unspecified atom stereocenters. The maximum absolute atomic E-state index is 5.78. The van der Waals surface area contributed by atoms with Crippen LogP contribution in [0.25, 0.3) is 0 Å². The van der Waals surface area contributed by atoms with Gasteiger partial charge in [0.25, 0.3) is 5.89 Å². The fraction of sp³-hybridized carbons (Fsp3) is 0.273. The third-order valence-corrected chi connectivity index (χ3v) is 2.55. The maximum atomic E-state index is 5.78. The molecule has 90 valence electrons. The predicted molar refractivity (Wildman–Crippen MR) is 64.4 cm³/mol. The molecule has 0 aliphatic heterocycles. The van der Waals surface area contributed by atoms with Crippen LogP contribution in [0.3, 0.4) is 0 Å². The van der Waals surface area contributed by atoms with E-state index in [2.05, 4.69) is 10.2 Å². The number of rotatable bonds is 4. The summed E-state index contributed by atoms with van der Waals surface area (Å²) in [7, 11) is 0. The van der Waals surface area contributed by atoms with Crippen molar-refractivity contribution in [3.63, 3.8) is 0 Å². The van der Waals surface area contributed by atoms with Gasteiger partial charge in [0, 0.05) is 5.02 Å². The smallest absolute Gasteiger partial charge is 0.256 e. The molecular formula is C11H10Cl2N2O2. The minimum atomic E-state index is -0.333. The van der Waals surface area contributed by atoms with E-state index in [0.717, 1.165) is 0 Å². The van der Waals surface area contributed by atoms with E-state index in [1.54, 1.807) is 24.3 Å². The first-order valence-electron chi connectivity index (χ1n) is 4.99. The van der Waals surface area contributed by atoms with Crippen molar-refractivity contribution in [2.75, 3.05) is 0 Å². The van der Waals surface area contributed by atoms with Crippen LogP contribution in [0.15, 0.2) is 28.7 Å². The van der Waals surface area contributed by atoms with E-state index in [0.29, 0.717) is 22.6 Å². The molecule has 6 heteroatoms. The van der Waals surface area contributed by atoms with Crippen LogP contribution in [0.5, 0.6) is 5.75 Å². The summed E-state index contributed by atoms with van der Waals surface area (Å²) < 4.78 is 10.9. The largest absolute Gasteiger partial charge is 0.481 e. The lowest BCUT2D eigenvalue weighted by Crippen LogP contribution is -2.03. The Morgan fingerprint density at radius 2 is 2.00 bits per heavy atom. The molecule has 1 aromatic carbocycles. The van der Waals surface area contributed by atoms with E-state index in [9.17, 15) is 0 Å². The van der Waals surface area contributed by atoms with Crippen LogP contribution in [0.1, 0.15) is 24.8 Å². The molecule has 0 saturated heterocycles. The van der Waals surface area contributed by atoms with Gasteiger partial charge >= 0.3 is 0 Å². The summed E-state index contributed by atoms with van der Waals surface area (Å²) in [6.07, 6.45) is -0.333. The second kappa shape index (κ2) is 5.38. The Balaban J connectivity index is 2.05. The van der Waals surface area contributed by atoms with Crippen molar-refractivity contribution >= 4 is 23.2 Å². The van der Waals surface area contributed by atoms with Crippen molar-refractivity contribution in [2.45, 2.75) is 18.9 Å². The highest BCUT2D eigenvalue weighted by molar-refractivity contribution is 6.30. The zero-order valence-electron chi connectivity index (χ0n) is 9.06. The molecule has 0 aliphatic carbocycles. The average Bonchev–Trinajstić information content (AvgIpc) is 2.81. The van der Waals surface area contributed by atoms with Gasteiger partial charge in [-0.05, 0) is 31.2 Å². The molecular weight excluding hydrogens is 263 g/mol. The SMILES string of the molecule is CC(Oc1ccc(Cl)cc1)c1nnc(CCl)o1. The standard InChI is InChI=1S/C11H10Cl2N2O2/c1-7(11-15-14-10(6-12)17-11)16-9-4-2-8(13)3-5-9/h2-5,7H,6H2,1H3. The minimum Gasteiger partial charge on any atom is -0.481 e. The van der Waals surface area contributed by atoms with Gasteiger partial charge in [-0.25, -0.2) is 0 Å². The highest BCUT2D eigenvalue weighted by Crippen LogP contribution is 2.22. The minimum absolute atomic E-state index is 0.195. The van der Waals surface area contributed by atoms with Gasteiger partial charge < -0.3 is 9.15 Å². The third kappa shape index (κ3) is 3.11. The van der Waals surface area contributed by atoms with Crippen molar-refractivity contribution in [3.05, 3.63) is 41.1 Å². The summed E-state index contributed by atoms with van der Waals surface area (Å²) in [5.74, 6) is 1.66. The van der Waals surface area contributed by atoms with Gasteiger partial charge in [-0.2, -0.15) is 0 Å². The van der Waals surface area contributed by atoms with Crippen LogP contribution < -0.4 is 4.74 Å². The van der Waals surface area contributed by atoms with Crippen molar-refractivity contribution in [3.8, 4) is 5.75 Å². The van der Waals surface area contributed by atoms with E-state index in [1.165, 1.54) is 0 Å². The van der Waals surface area contributed by atoms with Gasteiger partial charge in [0.2, 0.25) is 5.89 Å². The molecule has 0 amide bonds. The second-order valence-electron chi connectivity index (χ2n) is 3.38. The van der Waals surface area contributed by atoms with Crippen LogP contribution >= 0.6 is 23.2 Å². The lowest BCUT2D eigenvalue weighted by molar-refractivity contribution is 0.187. The monoisotopic (exact) mass is 272 g/mol. The fourth-order valence-corrected chi connectivity index (χ4v) is 1.49. The van der Waals surface area contributed by atoms with Crippen molar-refractivity contribution < 1.29 is 9.15 Å². The zero-order chi connectivity index (χ0) is 12.3. The Kier molecular flexibility index (Phi) is 3.86. The first-order valence-corrected chi connectivity index (χ1v) is 5.90. The molecule has 0 saturated carbocycles. The molecule has 0 fully saturated rings. The zero-order valence-corrected chi connectivity index (χ0v) is 10.6. The highest BCUT2D eigenvalue weighted by Gasteiger charge is 2.15. The number of halogens is 2.